The maximum Gasteiger partial charge on any atom is 0.322 e. The van der Waals surface area contributed by atoms with E-state index < -0.39 is 12.1 Å². The Hall–Kier alpha value is -1.55. The molecule has 0 heterocycles. The van der Waals surface area contributed by atoms with Crippen LogP contribution in [0.3, 0.4) is 0 Å². The lowest BCUT2D eigenvalue weighted by atomic mass is 9.98. The lowest BCUT2D eigenvalue weighted by Gasteiger charge is -2.15. The highest BCUT2D eigenvalue weighted by molar-refractivity contribution is 5.73. The molecular formula is C17H25NO3. The van der Waals surface area contributed by atoms with Crippen LogP contribution in [0, 0.1) is 0 Å². The first kappa shape index (κ1) is 15.8. The fraction of sp³-hybridized carbons (Fsp3) is 0.588. The molecule has 0 amide bonds. The Labute approximate surface area is 126 Å². The van der Waals surface area contributed by atoms with E-state index in [-0.39, 0.29) is 6.54 Å². The number of carboxylic acids is 1. The summed E-state index contributed by atoms with van der Waals surface area (Å²) in [4.78, 5) is 10.8. The number of carboxylic acid groups (broad SMARTS) is 1. The van der Waals surface area contributed by atoms with Crippen molar-refractivity contribution in [3.63, 3.8) is 0 Å². The smallest absolute Gasteiger partial charge is 0.322 e. The molecule has 0 saturated heterocycles. The fourth-order valence-corrected chi connectivity index (χ4v) is 2.97. The highest BCUT2D eigenvalue weighted by atomic mass is 16.4. The number of rotatable bonds is 8. The number of benzene rings is 1. The molecule has 1 aromatic carbocycles. The Balaban J connectivity index is 2.13. The van der Waals surface area contributed by atoms with Gasteiger partial charge < -0.3 is 15.5 Å². The number of fused-ring (bicyclic) bond motifs is 1. The van der Waals surface area contributed by atoms with Gasteiger partial charge in [-0.15, -0.1) is 0 Å². The van der Waals surface area contributed by atoms with Gasteiger partial charge in [0.25, 0.3) is 0 Å². The van der Waals surface area contributed by atoms with Crippen molar-refractivity contribution in [1.82, 2.24) is 0 Å². The zero-order chi connectivity index (χ0) is 15.2. The van der Waals surface area contributed by atoms with E-state index in [1.54, 1.807) is 0 Å². The minimum Gasteiger partial charge on any atom is -0.480 e. The normalized spacial score (nSPS) is 16.8. The number of aliphatic hydroxyl groups excluding tert-OH is 1. The Morgan fingerprint density at radius 2 is 2.14 bits per heavy atom. The van der Waals surface area contributed by atoms with E-state index in [2.05, 4.69) is 18.3 Å². The minimum atomic E-state index is -0.868. The second kappa shape index (κ2) is 7.46. The zero-order valence-electron chi connectivity index (χ0n) is 12.7. The predicted molar refractivity (Wildman–Crippen MR) is 83.7 cm³/mol. The molecule has 0 aliphatic heterocycles. The molecule has 0 aromatic heterocycles. The number of anilines is 1. The van der Waals surface area contributed by atoms with Gasteiger partial charge in [-0.25, -0.2) is 0 Å². The summed E-state index contributed by atoms with van der Waals surface area (Å²) < 4.78 is 0. The topological polar surface area (TPSA) is 69.6 Å². The standard InChI is InChI=1S/C17H25NO3/c1-2-3-4-5-6-13-9-12-7-8-16(19)14(12)10-15(13)18-11-17(20)21/h9-10,16,18-19H,2-8,11H2,1H3,(H,20,21). The van der Waals surface area contributed by atoms with Gasteiger partial charge in [0, 0.05) is 5.69 Å². The molecule has 116 valence electrons. The van der Waals surface area contributed by atoms with Crippen LogP contribution in [0.4, 0.5) is 5.69 Å². The van der Waals surface area contributed by atoms with Crippen LogP contribution in [-0.2, 0) is 17.6 Å². The van der Waals surface area contributed by atoms with E-state index in [1.807, 2.05) is 6.07 Å². The van der Waals surface area contributed by atoms with Crippen LogP contribution in [0.25, 0.3) is 0 Å². The minimum absolute atomic E-state index is 0.0865. The molecule has 1 aliphatic carbocycles. The second-order valence-electron chi connectivity index (χ2n) is 5.82. The van der Waals surface area contributed by atoms with Crippen molar-refractivity contribution >= 4 is 11.7 Å². The fourth-order valence-electron chi connectivity index (χ4n) is 2.97. The van der Waals surface area contributed by atoms with Gasteiger partial charge in [-0.3, -0.25) is 4.79 Å². The molecule has 1 atom stereocenters. The first-order valence-electron chi connectivity index (χ1n) is 7.91. The van der Waals surface area contributed by atoms with Crippen molar-refractivity contribution in [1.29, 1.82) is 0 Å². The third kappa shape index (κ3) is 4.21. The molecule has 4 nitrogen and oxygen atoms in total. The monoisotopic (exact) mass is 291 g/mol. The van der Waals surface area contributed by atoms with E-state index in [4.69, 9.17) is 5.11 Å². The van der Waals surface area contributed by atoms with Crippen LogP contribution < -0.4 is 5.32 Å². The van der Waals surface area contributed by atoms with Crippen molar-refractivity contribution in [2.45, 2.75) is 58.0 Å². The predicted octanol–water partition coefficient (Wildman–Crippen LogP) is 3.29. The van der Waals surface area contributed by atoms with Crippen LogP contribution in [0.5, 0.6) is 0 Å². The summed E-state index contributed by atoms with van der Waals surface area (Å²) in [6, 6.07) is 4.10. The molecule has 0 saturated carbocycles. The van der Waals surface area contributed by atoms with Crippen molar-refractivity contribution in [2.75, 3.05) is 11.9 Å². The highest BCUT2D eigenvalue weighted by Crippen LogP contribution is 2.35. The lowest BCUT2D eigenvalue weighted by molar-refractivity contribution is -0.134. The number of nitrogens with one attached hydrogen (secondary N) is 1. The lowest BCUT2D eigenvalue weighted by Crippen LogP contribution is -2.14. The third-order valence-electron chi connectivity index (χ3n) is 4.14. The van der Waals surface area contributed by atoms with Gasteiger partial charge in [-0.05, 0) is 48.4 Å². The summed E-state index contributed by atoms with van der Waals surface area (Å²) in [5, 5.41) is 21.8. The third-order valence-corrected chi connectivity index (χ3v) is 4.14. The molecule has 21 heavy (non-hydrogen) atoms. The maximum atomic E-state index is 10.8. The maximum absolute atomic E-state index is 10.8. The van der Waals surface area contributed by atoms with Crippen LogP contribution in [0.1, 0.15) is 61.8 Å². The Morgan fingerprint density at radius 3 is 2.86 bits per heavy atom. The summed E-state index contributed by atoms with van der Waals surface area (Å²) in [5.74, 6) is -0.868. The number of aliphatic hydroxyl groups is 1. The Morgan fingerprint density at radius 1 is 1.33 bits per heavy atom. The molecule has 1 aromatic rings. The number of unbranched alkanes of at least 4 members (excludes halogenated alkanes) is 3. The first-order chi connectivity index (χ1) is 10.1. The van der Waals surface area contributed by atoms with Crippen LogP contribution in [0.2, 0.25) is 0 Å². The molecular weight excluding hydrogens is 266 g/mol. The highest BCUT2D eigenvalue weighted by Gasteiger charge is 2.22. The van der Waals surface area contributed by atoms with E-state index in [0.717, 1.165) is 36.9 Å². The molecule has 1 unspecified atom stereocenters. The van der Waals surface area contributed by atoms with Gasteiger partial charge >= 0.3 is 5.97 Å². The summed E-state index contributed by atoms with van der Waals surface area (Å²) in [5.41, 5.74) is 4.22. The quantitative estimate of drug-likeness (QED) is 0.643. The molecule has 1 aliphatic rings. The number of aryl methyl sites for hydroxylation is 2. The van der Waals surface area contributed by atoms with Crippen LogP contribution in [-0.4, -0.2) is 22.7 Å². The second-order valence-corrected chi connectivity index (χ2v) is 5.82. The number of carbonyl (C=O) groups is 1. The summed E-state index contributed by atoms with van der Waals surface area (Å²) in [7, 11) is 0. The molecule has 0 fully saturated rings. The first-order valence-corrected chi connectivity index (χ1v) is 7.91. The molecule has 0 spiro atoms. The summed E-state index contributed by atoms with van der Waals surface area (Å²) in [6.45, 7) is 2.10. The molecule has 3 N–H and O–H groups in total. The van der Waals surface area contributed by atoms with Crippen LogP contribution in [0.15, 0.2) is 12.1 Å². The van der Waals surface area contributed by atoms with E-state index in [9.17, 15) is 9.90 Å². The Bertz CT molecular complexity index is 499. The molecule has 0 bridgehead atoms. The van der Waals surface area contributed by atoms with Gasteiger partial charge in [0.05, 0.1) is 6.10 Å². The summed E-state index contributed by atoms with van der Waals surface area (Å²) >= 11 is 0. The molecule has 4 heteroatoms. The van der Waals surface area contributed by atoms with Gasteiger partial charge in [-0.2, -0.15) is 0 Å². The SMILES string of the molecule is CCCCCCc1cc2c(cc1NCC(=O)O)C(O)CC2. The summed E-state index contributed by atoms with van der Waals surface area (Å²) in [6.07, 6.45) is 7.02. The van der Waals surface area contributed by atoms with Crippen molar-refractivity contribution in [3.8, 4) is 0 Å². The number of aliphatic carboxylic acids is 1. The Kier molecular flexibility index (Phi) is 5.62. The van der Waals surface area contributed by atoms with Gasteiger partial charge in [-0.1, -0.05) is 32.3 Å². The van der Waals surface area contributed by atoms with Crippen molar-refractivity contribution in [2.24, 2.45) is 0 Å². The van der Waals surface area contributed by atoms with Crippen molar-refractivity contribution in [3.05, 3.63) is 28.8 Å². The van der Waals surface area contributed by atoms with Crippen LogP contribution >= 0.6 is 0 Å². The van der Waals surface area contributed by atoms with Gasteiger partial charge in [0.2, 0.25) is 0 Å². The van der Waals surface area contributed by atoms with Gasteiger partial charge in [0.1, 0.15) is 6.54 Å². The molecule has 0 radical (unpaired) electrons. The zero-order valence-corrected chi connectivity index (χ0v) is 12.7. The largest absolute Gasteiger partial charge is 0.480 e. The number of hydrogen-bond donors (Lipinski definition) is 3. The van der Waals surface area contributed by atoms with E-state index in [0.29, 0.717) is 0 Å². The van der Waals surface area contributed by atoms with Gasteiger partial charge in [0.15, 0.2) is 0 Å². The molecule has 2 rings (SSSR count). The van der Waals surface area contributed by atoms with Crippen molar-refractivity contribution < 1.29 is 15.0 Å². The average Bonchev–Trinajstić information content (AvgIpc) is 2.81. The average molecular weight is 291 g/mol. The number of hydrogen-bond acceptors (Lipinski definition) is 3. The van der Waals surface area contributed by atoms with E-state index in [1.165, 1.54) is 30.4 Å². The van der Waals surface area contributed by atoms with E-state index >= 15 is 0 Å².